The van der Waals surface area contributed by atoms with Crippen molar-refractivity contribution >= 4 is 18.1 Å². The molecule has 0 bridgehead atoms. The Morgan fingerprint density at radius 1 is 1.31 bits per heavy atom. The maximum Gasteiger partial charge on any atom is 0.231 e. The van der Waals surface area contributed by atoms with E-state index >= 15 is 0 Å². The minimum absolute atomic E-state index is 0. The molecule has 0 aliphatic carbocycles. The third kappa shape index (κ3) is 1.58. The molecule has 72 valence electrons. The number of benzene rings is 1. The molecular weight excluding hydrogens is 194 g/mol. The SMILES string of the molecule is COc1cc2c(cc1N)OCO2.Cl. The van der Waals surface area contributed by atoms with E-state index in [1.165, 1.54) is 0 Å². The van der Waals surface area contributed by atoms with Gasteiger partial charge in [-0.25, -0.2) is 0 Å². The summed E-state index contributed by atoms with van der Waals surface area (Å²) in [6.45, 7) is 0.252. The average Bonchev–Trinajstić information content (AvgIpc) is 2.49. The topological polar surface area (TPSA) is 53.7 Å². The van der Waals surface area contributed by atoms with E-state index in [2.05, 4.69) is 0 Å². The van der Waals surface area contributed by atoms with Crippen molar-refractivity contribution in [3.05, 3.63) is 12.1 Å². The van der Waals surface area contributed by atoms with E-state index in [0.717, 1.165) is 0 Å². The summed E-state index contributed by atoms with van der Waals surface area (Å²) in [7, 11) is 1.56. The van der Waals surface area contributed by atoms with Crippen LogP contribution in [0.25, 0.3) is 0 Å². The Labute approximate surface area is 82.0 Å². The lowest BCUT2D eigenvalue weighted by molar-refractivity contribution is 0.174. The molecule has 1 aliphatic rings. The van der Waals surface area contributed by atoms with E-state index in [9.17, 15) is 0 Å². The van der Waals surface area contributed by atoms with Gasteiger partial charge in [-0.05, 0) is 0 Å². The molecule has 0 spiro atoms. The van der Waals surface area contributed by atoms with Crippen LogP contribution in [0.4, 0.5) is 5.69 Å². The number of anilines is 1. The van der Waals surface area contributed by atoms with Crippen LogP contribution in [-0.2, 0) is 0 Å². The van der Waals surface area contributed by atoms with E-state index in [4.69, 9.17) is 19.9 Å². The van der Waals surface area contributed by atoms with Crippen molar-refractivity contribution < 1.29 is 14.2 Å². The number of halogens is 1. The Balaban J connectivity index is 0.000000845. The maximum absolute atomic E-state index is 5.64. The molecule has 0 aromatic heterocycles. The fraction of sp³-hybridized carbons (Fsp3) is 0.250. The number of rotatable bonds is 1. The molecule has 13 heavy (non-hydrogen) atoms. The number of nitrogen functional groups attached to an aromatic ring is 1. The smallest absolute Gasteiger partial charge is 0.231 e. The summed E-state index contributed by atoms with van der Waals surface area (Å²) in [6.07, 6.45) is 0. The van der Waals surface area contributed by atoms with Gasteiger partial charge in [0.15, 0.2) is 11.5 Å². The van der Waals surface area contributed by atoms with E-state index in [1.54, 1.807) is 19.2 Å². The Morgan fingerprint density at radius 3 is 2.54 bits per heavy atom. The van der Waals surface area contributed by atoms with Crippen molar-refractivity contribution in [2.24, 2.45) is 0 Å². The second-order valence-corrected chi connectivity index (χ2v) is 2.45. The van der Waals surface area contributed by atoms with Gasteiger partial charge < -0.3 is 19.9 Å². The van der Waals surface area contributed by atoms with Gasteiger partial charge in [-0.15, -0.1) is 12.4 Å². The lowest BCUT2D eigenvalue weighted by atomic mass is 10.2. The van der Waals surface area contributed by atoms with Crippen molar-refractivity contribution in [3.63, 3.8) is 0 Å². The van der Waals surface area contributed by atoms with Crippen LogP contribution in [0.15, 0.2) is 12.1 Å². The number of fused-ring (bicyclic) bond motifs is 1. The Bertz CT molecular complexity index is 316. The quantitative estimate of drug-likeness (QED) is 0.702. The fourth-order valence-electron chi connectivity index (χ4n) is 1.12. The summed E-state index contributed by atoms with van der Waals surface area (Å²) in [5, 5.41) is 0. The lowest BCUT2D eigenvalue weighted by Crippen LogP contribution is -1.92. The minimum atomic E-state index is 0. The van der Waals surface area contributed by atoms with Crippen molar-refractivity contribution in [1.29, 1.82) is 0 Å². The average molecular weight is 204 g/mol. The Hall–Kier alpha value is -1.29. The highest BCUT2D eigenvalue weighted by molar-refractivity contribution is 5.85. The Morgan fingerprint density at radius 2 is 1.92 bits per heavy atom. The lowest BCUT2D eigenvalue weighted by Gasteiger charge is -2.04. The zero-order chi connectivity index (χ0) is 8.55. The molecule has 2 N–H and O–H groups in total. The van der Waals surface area contributed by atoms with Crippen LogP contribution in [0.5, 0.6) is 17.2 Å². The van der Waals surface area contributed by atoms with Gasteiger partial charge in [-0.3, -0.25) is 0 Å². The van der Waals surface area contributed by atoms with Gasteiger partial charge in [0, 0.05) is 12.1 Å². The molecule has 0 saturated heterocycles. The molecule has 0 atom stereocenters. The van der Waals surface area contributed by atoms with Crippen molar-refractivity contribution in [3.8, 4) is 17.2 Å². The van der Waals surface area contributed by atoms with Crippen molar-refractivity contribution in [2.75, 3.05) is 19.6 Å². The van der Waals surface area contributed by atoms with Gasteiger partial charge >= 0.3 is 0 Å². The van der Waals surface area contributed by atoms with Crippen LogP contribution in [0, 0.1) is 0 Å². The second kappa shape index (κ2) is 3.62. The normalized spacial score (nSPS) is 12.1. The zero-order valence-corrected chi connectivity index (χ0v) is 7.89. The zero-order valence-electron chi connectivity index (χ0n) is 7.07. The fourth-order valence-corrected chi connectivity index (χ4v) is 1.12. The summed E-state index contributed by atoms with van der Waals surface area (Å²) in [4.78, 5) is 0. The van der Waals surface area contributed by atoms with E-state index < -0.39 is 0 Å². The summed E-state index contributed by atoms with van der Waals surface area (Å²) in [5.41, 5.74) is 6.20. The molecule has 5 heteroatoms. The van der Waals surface area contributed by atoms with E-state index in [1.807, 2.05) is 0 Å². The molecular formula is C8H10ClNO3. The highest BCUT2D eigenvalue weighted by atomic mass is 35.5. The van der Waals surface area contributed by atoms with E-state index in [0.29, 0.717) is 22.9 Å². The first-order valence-corrected chi connectivity index (χ1v) is 3.54. The monoisotopic (exact) mass is 203 g/mol. The largest absolute Gasteiger partial charge is 0.494 e. The summed E-state index contributed by atoms with van der Waals surface area (Å²) >= 11 is 0. The van der Waals surface area contributed by atoms with Gasteiger partial charge in [-0.2, -0.15) is 0 Å². The molecule has 0 radical (unpaired) electrons. The molecule has 1 aliphatic heterocycles. The number of methoxy groups -OCH3 is 1. The minimum Gasteiger partial charge on any atom is -0.494 e. The van der Waals surface area contributed by atoms with Gasteiger partial charge in [0.25, 0.3) is 0 Å². The molecule has 0 saturated carbocycles. The summed E-state index contributed by atoms with van der Waals surface area (Å²) in [6, 6.07) is 3.42. The molecule has 2 rings (SSSR count). The van der Waals surface area contributed by atoms with Crippen LogP contribution in [0.3, 0.4) is 0 Å². The standard InChI is InChI=1S/C8H9NO3.ClH/c1-10-6-3-8-7(2-5(6)9)11-4-12-8;/h2-3H,4,9H2,1H3;1H. The predicted octanol–water partition coefficient (Wildman–Crippen LogP) is 1.43. The number of hydrogen-bond acceptors (Lipinski definition) is 4. The molecule has 0 unspecified atom stereocenters. The Kier molecular flexibility index (Phi) is 2.72. The highest BCUT2D eigenvalue weighted by Gasteiger charge is 2.15. The van der Waals surface area contributed by atoms with Gasteiger partial charge in [-0.1, -0.05) is 0 Å². The van der Waals surface area contributed by atoms with E-state index in [-0.39, 0.29) is 19.2 Å². The van der Waals surface area contributed by atoms with Crippen LogP contribution < -0.4 is 19.9 Å². The molecule has 1 aromatic carbocycles. The van der Waals surface area contributed by atoms with Crippen molar-refractivity contribution in [2.45, 2.75) is 0 Å². The summed E-state index contributed by atoms with van der Waals surface area (Å²) < 4.78 is 15.3. The molecule has 0 amide bonds. The van der Waals surface area contributed by atoms with Crippen LogP contribution in [0.1, 0.15) is 0 Å². The van der Waals surface area contributed by atoms with Gasteiger partial charge in [0.1, 0.15) is 5.75 Å². The maximum atomic E-state index is 5.64. The third-order valence-electron chi connectivity index (χ3n) is 1.72. The van der Waals surface area contributed by atoms with Gasteiger partial charge in [0.2, 0.25) is 6.79 Å². The van der Waals surface area contributed by atoms with Crippen molar-refractivity contribution in [1.82, 2.24) is 0 Å². The predicted molar refractivity (Wildman–Crippen MR) is 50.8 cm³/mol. The van der Waals surface area contributed by atoms with Crippen LogP contribution in [0.2, 0.25) is 0 Å². The molecule has 4 nitrogen and oxygen atoms in total. The third-order valence-corrected chi connectivity index (χ3v) is 1.72. The number of ether oxygens (including phenoxy) is 3. The molecule has 1 aromatic rings. The van der Waals surface area contributed by atoms with Crippen LogP contribution in [-0.4, -0.2) is 13.9 Å². The number of hydrogen-bond donors (Lipinski definition) is 1. The first kappa shape index (κ1) is 9.80. The summed E-state index contributed by atoms with van der Waals surface area (Å²) in [5.74, 6) is 1.97. The number of nitrogens with two attached hydrogens (primary N) is 1. The molecule has 1 heterocycles. The van der Waals surface area contributed by atoms with Gasteiger partial charge in [0.05, 0.1) is 12.8 Å². The highest BCUT2D eigenvalue weighted by Crippen LogP contribution is 2.39. The molecule has 0 fully saturated rings. The first-order chi connectivity index (χ1) is 5.81. The van der Waals surface area contributed by atoms with Crippen LogP contribution >= 0.6 is 12.4 Å². The second-order valence-electron chi connectivity index (χ2n) is 2.45. The first-order valence-electron chi connectivity index (χ1n) is 3.54.